The molecule has 0 unspecified atom stereocenters. The standard InChI is InChI=1S/C22H22N2O3S/c1-13-6-11-18-19(12-13)28-21(24-18)14-7-9-15(10-8-14)23-20(25)16-4-2-3-5-17(16)22(26)27/h6-12,16-17H,2-5H2,1H3,(H,23,25)(H,26,27)/p-1/t16-,17+/m1/s1. The molecule has 1 fully saturated rings. The lowest BCUT2D eigenvalue weighted by molar-refractivity contribution is -0.313. The number of hydrogen-bond donors (Lipinski definition) is 1. The van der Waals surface area contributed by atoms with Crippen LogP contribution >= 0.6 is 11.3 Å². The van der Waals surface area contributed by atoms with E-state index in [9.17, 15) is 14.7 Å². The van der Waals surface area contributed by atoms with Crippen molar-refractivity contribution in [3.05, 3.63) is 48.0 Å². The van der Waals surface area contributed by atoms with Crippen LogP contribution in [0.4, 0.5) is 5.69 Å². The summed E-state index contributed by atoms with van der Waals surface area (Å²) in [6.45, 7) is 2.06. The Balaban J connectivity index is 1.49. The Bertz CT molecular complexity index is 1030. The summed E-state index contributed by atoms with van der Waals surface area (Å²) in [5.74, 6) is -2.58. The number of hydrogen-bond acceptors (Lipinski definition) is 5. The first-order chi connectivity index (χ1) is 13.5. The summed E-state index contributed by atoms with van der Waals surface area (Å²) in [6.07, 6.45) is 2.81. The summed E-state index contributed by atoms with van der Waals surface area (Å²) in [5, 5.41) is 15.1. The van der Waals surface area contributed by atoms with E-state index in [0.717, 1.165) is 33.6 Å². The van der Waals surface area contributed by atoms with Gasteiger partial charge in [0.2, 0.25) is 5.91 Å². The lowest BCUT2D eigenvalue weighted by Gasteiger charge is -2.31. The van der Waals surface area contributed by atoms with E-state index in [1.807, 2.05) is 30.3 Å². The zero-order chi connectivity index (χ0) is 19.7. The number of anilines is 1. The molecule has 6 heteroatoms. The number of benzene rings is 2. The molecule has 0 spiro atoms. The van der Waals surface area contributed by atoms with Gasteiger partial charge in [-0.1, -0.05) is 18.9 Å². The second-order valence-corrected chi connectivity index (χ2v) is 8.40. The zero-order valence-electron chi connectivity index (χ0n) is 15.6. The van der Waals surface area contributed by atoms with E-state index in [0.29, 0.717) is 18.5 Å². The quantitative estimate of drug-likeness (QED) is 0.732. The number of fused-ring (bicyclic) bond motifs is 1. The molecule has 3 aromatic rings. The van der Waals surface area contributed by atoms with E-state index in [1.165, 1.54) is 5.56 Å². The molecule has 2 aromatic carbocycles. The van der Waals surface area contributed by atoms with E-state index in [2.05, 4.69) is 29.4 Å². The molecule has 0 bridgehead atoms. The first kappa shape index (κ1) is 18.6. The minimum Gasteiger partial charge on any atom is -0.550 e. The van der Waals surface area contributed by atoms with Gasteiger partial charge in [-0.2, -0.15) is 0 Å². The van der Waals surface area contributed by atoms with E-state index in [-0.39, 0.29) is 5.91 Å². The molecule has 1 aliphatic rings. The first-order valence-electron chi connectivity index (χ1n) is 9.50. The van der Waals surface area contributed by atoms with Crippen LogP contribution in [0.2, 0.25) is 0 Å². The maximum atomic E-state index is 12.6. The fourth-order valence-electron chi connectivity index (χ4n) is 3.81. The minimum atomic E-state index is -1.12. The molecule has 1 heterocycles. The molecular weight excluding hydrogens is 372 g/mol. The van der Waals surface area contributed by atoms with Crippen LogP contribution in [0.5, 0.6) is 0 Å². The molecule has 2 atom stereocenters. The van der Waals surface area contributed by atoms with Crippen molar-refractivity contribution >= 4 is 39.1 Å². The fraction of sp³-hybridized carbons (Fsp3) is 0.318. The third-order valence-corrected chi connectivity index (χ3v) is 6.42. The Morgan fingerprint density at radius 3 is 2.50 bits per heavy atom. The number of aromatic nitrogens is 1. The van der Waals surface area contributed by atoms with Gasteiger partial charge in [-0.3, -0.25) is 4.79 Å². The number of carbonyl (C=O) groups is 2. The predicted molar refractivity (Wildman–Crippen MR) is 109 cm³/mol. The van der Waals surface area contributed by atoms with Crippen LogP contribution in [0.3, 0.4) is 0 Å². The molecule has 0 radical (unpaired) electrons. The number of carbonyl (C=O) groups excluding carboxylic acids is 2. The number of aliphatic carboxylic acids is 1. The lowest BCUT2D eigenvalue weighted by atomic mass is 9.78. The van der Waals surface area contributed by atoms with E-state index in [1.54, 1.807) is 11.3 Å². The van der Waals surface area contributed by atoms with Crippen LogP contribution in [0.15, 0.2) is 42.5 Å². The molecule has 1 saturated carbocycles. The first-order valence-corrected chi connectivity index (χ1v) is 10.3. The second-order valence-electron chi connectivity index (χ2n) is 7.37. The average molecular weight is 393 g/mol. The Kier molecular flexibility index (Phi) is 5.13. The van der Waals surface area contributed by atoms with Crippen LogP contribution in [0, 0.1) is 18.8 Å². The Hall–Kier alpha value is -2.73. The van der Waals surface area contributed by atoms with Gasteiger partial charge in [0.15, 0.2) is 0 Å². The summed E-state index contributed by atoms with van der Waals surface area (Å²) in [4.78, 5) is 28.6. The number of rotatable bonds is 4. The van der Waals surface area contributed by atoms with Gasteiger partial charge < -0.3 is 15.2 Å². The molecule has 28 heavy (non-hydrogen) atoms. The van der Waals surface area contributed by atoms with Crippen molar-refractivity contribution < 1.29 is 14.7 Å². The van der Waals surface area contributed by atoms with Gasteiger partial charge in [0.1, 0.15) is 5.01 Å². The van der Waals surface area contributed by atoms with Crippen molar-refractivity contribution in [1.29, 1.82) is 0 Å². The van der Waals surface area contributed by atoms with Crippen LogP contribution < -0.4 is 10.4 Å². The highest BCUT2D eigenvalue weighted by atomic mass is 32.1. The molecule has 0 saturated heterocycles. The largest absolute Gasteiger partial charge is 0.550 e. The van der Waals surface area contributed by atoms with Crippen LogP contribution in [-0.2, 0) is 9.59 Å². The number of nitrogens with zero attached hydrogens (tertiary/aromatic N) is 1. The lowest BCUT2D eigenvalue weighted by Crippen LogP contribution is -2.42. The van der Waals surface area contributed by atoms with E-state index < -0.39 is 17.8 Å². The molecule has 4 rings (SSSR count). The summed E-state index contributed by atoms with van der Waals surface area (Å²) in [6, 6.07) is 13.7. The van der Waals surface area contributed by atoms with Crippen molar-refractivity contribution in [2.45, 2.75) is 32.6 Å². The van der Waals surface area contributed by atoms with E-state index in [4.69, 9.17) is 0 Å². The van der Waals surface area contributed by atoms with E-state index >= 15 is 0 Å². The summed E-state index contributed by atoms with van der Waals surface area (Å²) in [5.41, 5.74) is 3.84. The number of aryl methyl sites for hydroxylation is 1. The van der Waals surface area contributed by atoms with Crippen LogP contribution in [0.1, 0.15) is 31.2 Å². The number of carboxylic acids is 1. The fourth-order valence-corrected chi connectivity index (χ4v) is 4.88. The predicted octanol–water partition coefficient (Wildman–Crippen LogP) is 3.77. The highest BCUT2D eigenvalue weighted by molar-refractivity contribution is 7.21. The van der Waals surface area contributed by atoms with Crippen molar-refractivity contribution in [3.8, 4) is 10.6 Å². The van der Waals surface area contributed by atoms with Gasteiger partial charge in [0.05, 0.1) is 10.2 Å². The normalized spacial score (nSPS) is 19.5. The van der Waals surface area contributed by atoms with Crippen molar-refractivity contribution in [2.75, 3.05) is 5.32 Å². The SMILES string of the molecule is Cc1ccc2nc(-c3ccc(NC(=O)[C@@H]4CCCC[C@@H]4C(=O)[O-])cc3)sc2c1. The number of amides is 1. The molecule has 144 valence electrons. The maximum Gasteiger partial charge on any atom is 0.228 e. The topological polar surface area (TPSA) is 82.1 Å². The second kappa shape index (κ2) is 7.72. The van der Waals surface area contributed by atoms with Gasteiger partial charge in [0.25, 0.3) is 0 Å². The third-order valence-electron chi connectivity index (χ3n) is 5.35. The number of nitrogens with one attached hydrogen (secondary N) is 1. The summed E-state index contributed by atoms with van der Waals surface area (Å²) < 4.78 is 1.15. The maximum absolute atomic E-state index is 12.6. The Morgan fingerprint density at radius 1 is 1.07 bits per heavy atom. The molecule has 1 aliphatic carbocycles. The van der Waals surface area contributed by atoms with Gasteiger partial charge in [0, 0.05) is 29.1 Å². The summed E-state index contributed by atoms with van der Waals surface area (Å²) in [7, 11) is 0. The third kappa shape index (κ3) is 3.78. The molecule has 1 N–H and O–H groups in total. The monoisotopic (exact) mass is 393 g/mol. The molecule has 5 nitrogen and oxygen atoms in total. The molecule has 1 aromatic heterocycles. The average Bonchev–Trinajstić information content (AvgIpc) is 3.11. The highest BCUT2D eigenvalue weighted by Gasteiger charge is 2.31. The highest BCUT2D eigenvalue weighted by Crippen LogP contribution is 2.33. The van der Waals surface area contributed by atoms with Crippen LogP contribution in [-0.4, -0.2) is 16.9 Å². The van der Waals surface area contributed by atoms with Crippen molar-refractivity contribution in [1.82, 2.24) is 4.98 Å². The van der Waals surface area contributed by atoms with Crippen LogP contribution in [0.25, 0.3) is 20.8 Å². The molecule has 1 amide bonds. The van der Waals surface area contributed by atoms with Gasteiger partial charge in [-0.15, -0.1) is 11.3 Å². The van der Waals surface area contributed by atoms with Crippen molar-refractivity contribution in [2.24, 2.45) is 11.8 Å². The van der Waals surface area contributed by atoms with Gasteiger partial charge >= 0.3 is 0 Å². The summed E-state index contributed by atoms with van der Waals surface area (Å²) >= 11 is 1.64. The minimum absolute atomic E-state index is 0.239. The smallest absolute Gasteiger partial charge is 0.228 e. The Labute approximate surface area is 167 Å². The zero-order valence-corrected chi connectivity index (χ0v) is 16.4. The molecule has 0 aliphatic heterocycles. The molecular formula is C22H21N2O3S-. The number of thiazole rings is 1. The number of carboxylic acid groups (broad SMARTS) is 1. The Morgan fingerprint density at radius 2 is 1.79 bits per heavy atom. The van der Waals surface area contributed by atoms with Gasteiger partial charge in [-0.25, -0.2) is 4.98 Å². The van der Waals surface area contributed by atoms with Gasteiger partial charge in [-0.05, 0) is 61.7 Å². The van der Waals surface area contributed by atoms with Crippen molar-refractivity contribution in [3.63, 3.8) is 0 Å².